The van der Waals surface area contributed by atoms with Crippen molar-refractivity contribution in [1.82, 2.24) is 0 Å². The molecule has 0 aliphatic carbocycles. The highest BCUT2D eigenvalue weighted by atomic mass is 79.9. The van der Waals surface area contributed by atoms with Crippen LogP contribution in [0.15, 0.2) is 46.9 Å². The van der Waals surface area contributed by atoms with Gasteiger partial charge in [-0.05, 0) is 24.3 Å². The van der Waals surface area contributed by atoms with Crippen LogP contribution in [0.2, 0.25) is 0 Å². The van der Waals surface area contributed by atoms with E-state index < -0.39 is 0 Å². The zero-order valence-electron chi connectivity index (χ0n) is 10.9. The molecule has 0 radical (unpaired) electrons. The molecule has 0 amide bonds. The fourth-order valence-corrected chi connectivity index (χ4v) is 2.27. The van der Waals surface area contributed by atoms with Crippen LogP contribution in [0, 0.1) is 5.82 Å². The highest BCUT2D eigenvalue weighted by Crippen LogP contribution is 2.28. The van der Waals surface area contributed by atoms with Gasteiger partial charge < -0.3 is 9.64 Å². The SMILES string of the molecule is COc1ccccc1N(C)Cc1ccc(Br)cc1F. The molecule has 0 saturated heterocycles. The maximum Gasteiger partial charge on any atom is 0.142 e. The highest BCUT2D eigenvalue weighted by Gasteiger charge is 2.10. The third-order valence-corrected chi connectivity index (χ3v) is 3.41. The summed E-state index contributed by atoms with van der Waals surface area (Å²) in [5.74, 6) is 0.568. The molecule has 0 aliphatic rings. The number of para-hydroxylation sites is 2. The number of halogens is 2. The number of methoxy groups -OCH3 is 1. The van der Waals surface area contributed by atoms with Crippen LogP contribution < -0.4 is 9.64 Å². The molecular weight excluding hydrogens is 309 g/mol. The van der Waals surface area contributed by atoms with Gasteiger partial charge in [-0.3, -0.25) is 0 Å². The van der Waals surface area contributed by atoms with Crippen molar-refractivity contribution in [2.45, 2.75) is 6.54 Å². The predicted molar refractivity (Wildman–Crippen MR) is 79.2 cm³/mol. The van der Waals surface area contributed by atoms with E-state index in [1.807, 2.05) is 42.3 Å². The van der Waals surface area contributed by atoms with Crippen molar-refractivity contribution in [3.8, 4) is 5.75 Å². The van der Waals surface area contributed by atoms with Gasteiger partial charge in [0.05, 0.1) is 12.8 Å². The Labute approximate surface area is 120 Å². The Morgan fingerprint density at radius 2 is 1.95 bits per heavy atom. The number of benzene rings is 2. The fourth-order valence-electron chi connectivity index (χ4n) is 1.94. The van der Waals surface area contributed by atoms with Gasteiger partial charge in [-0.2, -0.15) is 0 Å². The van der Waals surface area contributed by atoms with E-state index in [4.69, 9.17) is 4.74 Å². The molecular formula is C15H15BrFNO. The molecule has 0 aliphatic heterocycles. The number of nitrogens with zero attached hydrogens (tertiary/aromatic N) is 1. The van der Waals surface area contributed by atoms with Crippen LogP contribution in [0.25, 0.3) is 0 Å². The standard InChI is InChI=1S/C15H15BrFNO/c1-18(14-5-3-4-6-15(14)19-2)10-11-7-8-12(16)9-13(11)17/h3-9H,10H2,1-2H3. The van der Waals surface area contributed by atoms with Gasteiger partial charge in [0, 0.05) is 23.6 Å². The van der Waals surface area contributed by atoms with Crippen LogP contribution in [-0.4, -0.2) is 14.2 Å². The van der Waals surface area contributed by atoms with Crippen molar-refractivity contribution < 1.29 is 9.13 Å². The van der Waals surface area contributed by atoms with Crippen LogP contribution in [-0.2, 0) is 6.54 Å². The van der Waals surface area contributed by atoms with Gasteiger partial charge >= 0.3 is 0 Å². The highest BCUT2D eigenvalue weighted by molar-refractivity contribution is 9.10. The quantitative estimate of drug-likeness (QED) is 0.834. The van der Waals surface area contributed by atoms with E-state index in [2.05, 4.69) is 15.9 Å². The molecule has 0 fully saturated rings. The third kappa shape index (κ3) is 3.26. The zero-order chi connectivity index (χ0) is 13.8. The fraction of sp³-hybridized carbons (Fsp3) is 0.200. The summed E-state index contributed by atoms with van der Waals surface area (Å²) in [6.45, 7) is 0.486. The number of rotatable bonds is 4. The Morgan fingerprint density at radius 1 is 1.21 bits per heavy atom. The summed E-state index contributed by atoms with van der Waals surface area (Å²) in [4.78, 5) is 1.96. The summed E-state index contributed by atoms with van der Waals surface area (Å²) in [5.41, 5.74) is 1.59. The van der Waals surface area contributed by atoms with E-state index in [0.29, 0.717) is 12.1 Å². The lowest BCUT2D eigenvalue weighted by Crippen LogP contribution is -2.18. The molecule has 0 N–H and O–H groups in total. The van der Waals surface area contributed by atoms with Crippen molar-refractivity contribution in [1.29, 1.82) is 0 Å². The third-order valence-electron chi connectivity index (χ3n) is 2.92. The minimum atomic E-state index is -0.212. The first-order valence-electron chi connectivity index (χ1n) is 5.90. The molecule has 2 rings (SSSR count). The van der Waals surface area contributed by atoms with Crippen molar-refractivity contribution in [3.63, 3.8) is 0 Å². The molecule has 0 aromatic heterocycles. The lowest BCUT2D eigenvalue weighted by Gasteiger charge is -2.22. The number of hydrogen-bond acceptors (Lipinski definition) is 2. The van der Waals surface area contributed by atoms with Crippen molar-refractivity contribution >= 4 is 21.6 Å². The summed E-state index contributed by atoms with van der Waals surface area (Å²) in [7, 11) is 3.55. The molecule has 100 valence electrons. The summed E-state index contributed by atoms with van der Waals surface area (Å²) >= 11 is 3.26. The van der Waals surface area contributed by atoms with E-state index in [0.717, 1.165) is 15.9 Å². The molecule has 4 heteroatoms. The summed E-state index contributed by atoms with van der Waals surface area (Å²) in [6, 6.07) is 12.8. The van der Waals surface area contributed by atoms with Gasteiger partial charge in [0.2, 0.25) is 0 Å². The lowest BCUT2D eigenvalue weighted by molar-refractivity contribution is 0.414. The molecule has 0 heterocycles. The van der Waals surface area contributed by atoms with Gasteiger partial charge in [-0.1, -0.05) is 34.1 Å². The van der Waals surface area contributed by atoms with Gasteiger partial charge in [0.15, 0.2) is 0 Å². The molecule has 0 atom stereocenters. The van der Waals surface area contributed by atoms with Gasteiger partial charge in [-0.25, -0.2) is 4.39 Å². The van der Waals surface area contributed by atoms with Gasteiger partial charge in [-0.15, -0.1) is 0 Å². The summed E-state index contributed by atoms with van der Waals surface area (Å²) in [6.07, 6.45) is 0. The van der Waals surface area contributed by atoms with E-state index >= 15 is 0 Å². The maximum atomic E-state index is 13.8. The van der Waals surface area contributed by atoms with Gasteiger partial charge in [0.25, 0.3) is 0 Å². The van der Waals surface area contributed by atoms with Crippen molar-refractivity contribution in [2.24, 2.45) is 0 Å². The second kappa shape index (κ2) is 6.06. The first kappa shape index (κ1) is 13.9. The zero-order valence-corrected chi connectivity index (χ0v) is 12.4. The second-order valence-corrected chi connectivity index (χ2v) is 5.18. The largest absolute Gasteiger partial charge is 0.495 e. The van der Waals surface area contributed by atoms with E-state index in [1.165, 1.54) is 6.07 Å². The molecule has 2 aromatic carbocycles. The lowest BCUT2D eigenvalue weighted by atomic mass is 10.2. The van der Waals surface area contributed by atoms with Crippen LogP contribution in [0.3, 0.4) is 0 Å². The Morgan fingerprint density at radius 3 is 2.63 bits per heavy atom. The molecule has 0 bridgehead atoms. The first-order chi connectivity index (χ1) is 9.11. The Bertz CT molecular complexity index is 574. The van der Waals surface area contributed by atoms with E-state index in [-0.39, 0.29) is 5.82 Å². The second-order valence-electron chi connectivity index (χ2n) is 4.26. The average molecular weight is 324 g/mol. The van der Waals surface area contributed by atoms with Crippen LogP contribution in [0.4, 0.5) is 10.1 Å². The molecule has 2 aromatic rings. The van der Waals surface area contributed by atoms with Crippen LogP contribution in [0.5, 0.6) is 5.75 Å². The monoisotopic (exact) mass is 323 g/mol. The molecule has 19 heavy (non-hydrogen) atoms. The minimum absolute atomic E-state index is 0.212. The summed E-state index contributed by atoms with van der Waals surface area (Å²) in [5, 5.41) is 0. The van der Waals surface area contributed by atoms with Crippen LogP contribution in [0.1, 0.15) is 5.56 Å². The number of ether oxygens (including phenoxy) is 1. The van der Waals surface area contributed by atoms with E-state index in [1.54, 1.807) is 13.2 Å². The Balaban J connectivity index is 2.23. The summed E-state index contributed by atoms with van der Waals surface area (Å²) < 4.78 is 19.9. The topological polar surface area (TPSA) is 12.5 Å². The normalized spacial score (nSPS) is 10.3. The molecule has 2 nitrogen and oxygen atoms in total. The van der Waals surface area contributed by atoms with Gasteiger partial charge in [0.1, 0.15) is 11.6 Å². The predicted octanol–water partition coefficient (Wildman–Crippen LogP) is 4.23. The molecule has 0 spiro atoms. The molecule has 0 saturated carbocycles. The van der Waals surface area contributed by atoms with E-state index in [9.17, 15) is 4.39 Å². The smallest absolute Gasteiger partial charge is 0.142 e. The molecule has 0 unspecified atom stereocenters. The Kier molecular flexibility index (Phi) is 4.43. The minimum Gasteiger partial charge on any atom is -0.495 e. The van der Waals surface area contributed by atoms with Crippen LogP contribution >= 0.6 is 15.9 Å². The van der Waals surface area contributed by atoms with Crippen molar-refractivity contribution in [3.05, 3.63) is 58.3 Å². The average Bonchev–Trinajstić information content (AvgIpc) is 2.41. The number of anilines is 1. The van der Waals surface area contributed by atoms with Crippen molar-refractivity contribution in [2.75, 3.05) is 19.1 Å². The first-order valence-corrected chi connectivity index (χ1v) is 6.69. The number of hydrogen-bond donors (Lipinski definition) is 0. The Hall–Kier alpha value is -1.55. The maximum absolute atomic E-state index is 13.8.